The Bertz CT molecular complexity index is 597. The zero-order valence-corrected chi connectivity index (χ0v) is 12.2. The second-order valence-corrected chi connectivity index (χ2v) is 5.86. The fourth-order valence-corrected chi connectivity index (χ4v) is 2.67. The summed E-state index contributed by atoms with van der Waals surface area (Å²) in [5.74, 6) is 0.755. The third-order valence-electron chi connectivity index (χ3n) is 4.24. The lowest BCUT2D eigenvalue weighted by Crippen LogP contribution is -2.49. The van der Waals surface area contributed by atoms with E-state index in [0.29, 0.717) is 5.92 Å². The molecule has 0 atom stereocenters. The van der Waals surface area contributed by atoms with Gasteiger partial charge in [0.1, 0.15) is 0 Å². The van der Waals surface area contributed by atoms with Gasteiger partial charge < -0.3 is 10.4 Å². The molecule has 1 heterocycles. The van der Waals surface area contributed by atoms with E-state index in [1.54, 1.807) is 0 Å². The second-order valence-electron chi connectivity index (χ2n) is 5.86. The van der Waals surface area contributed by atoms with E-state index in [1.165, 1.54) is 14.1 Å². The summed E-state index contributed by atoms with van der Waals surface area (Å²) in [6.45, 7) is 2.14. The van der Waals surface area contributed by atoms with Gasteiger partial charge in [-0.25, -0.2) is 9.48 Å². The van der Waals surface area contributed by atoms with Gasteiger partial charge in [0.2, 0.25) is 5.82 Å². The molecule has 1 aliphatic rings. The van der Waals surface area contributed by atoms with Crippen molar-refractivity contribution >= 4 is 5.82 Å². The van der Waals surface area contributed by atoms with Gasteiger partial charge in [-0.15, -0.1) is 5.10 Å². The Labute approximate surface area is 117 Å². The van der Waals surface area contributed by atoms with Gasteiger partial charge in [-0.2, -0.15) is 0 Å². The van der Waals surface area contributed by atoms with E-state index in [1.807, 2.05) is 0 Å². The lowest BCUT2D eigenvalue weighted by molar-refractivity contribution is 0.154. The predicted molar refractivity (Wildman–Crippen MR) is 75.8 cm³/mol. The molecule has 7 heteroatoms. The van der Waals surface area contributed by atoms with Crippen molar-refractivity contribution in [3.8, 4) is 0 Å². The van der Waals surface area contributed by atoms with Crippen molar-refractivity contribution in [1.82, 2.24) is 14.3 Å². The van der Waals surface area contributed by atoms with E-state index < -0.39 is 16.8 Å². The first-order chi connectivity index (χ1) is 9.38. The van der Waals surface area contributed by atoms with Crippen molar-refractivity contribution in [1.29, 1.82) is 0 Å². The molecule has 0 spiro atoms. The Balaban J connectivity index is 2.34. The van der Waals surface area contributed by atoms with Crippen LogP contribution in [0, 0.1) is 5.92 Å². The highest BCUT2D eigenvalue weighted by molar-refractivity contribution is 5.34. The SMILES string of the molecule is CC1CCC(CO)(Nc2nn(C)c(=O)n(C)c2=O)CC1. The Morgan fingerprint density at radius 2 is 1.95 bits per heavy atom. The predicted octanol–water partition coefficient (Wildman–Crippen LogP) is -0.168. The molecule has 2 N–H and O–H groups in total. The molecule has 0 unspecified atom stereocenters. The van der Waals surface area contributed by atoms with E-state index in [0.717, 1.165) is 34.9 Å². The summed E-state index contributed by atoms with van der Waals surface area (Å²) >= 11 is 0. The summed E-state index contributed by atoms with van der Waals surface area (Å²) in [6.07, 6.45) is 3.58. The van der Waals surface area contributed by atoms with Gasteiger partial charge >= 0.3 is 5.69 Å². The van der Waals surface area contributed by atoms with Crippen LogP contribution < -0.4 is 16.6 Å². The largest absolute Gasteiger partial charge is 0.394 e. The van der Waals surface area contributed by atoms with Gasteiger partial charge in [0, 0.05) is 14.1 Å². The first-order valence-electron chi connectivity index (χ1n) is 6.92. The summed E-state index contributed by atoms with van der Waals surface area (Å²) < 4.78 is 2.14. The highest BCUT2D eigenvalue weighted by atomic mass is 16.3. The van der Waals surface area contributed by atoms with E-state index in [4.69, 9.17) is 0 Å². The molecular weight excluding hydrogens is 260 g/mol. The second kappa shape index (κ2) is 5.40. The minimum Gasteiger partial charge on any atom is -0.394 e. The van der Waals surface area contributed by atoms with Gasteiger partial charge in [-0.3, -0.25) is 9.36 Å². The molecule has 0 bridgehead atoms. The molecule has 1 fully saturated rings. The van der Waals surface area contributed by atoms with E-state index in [2.05, 4.69) is 17.3 Å². The van der Waals surface area contributed by atoms with Crippen LogP contribution in [0.1, 0.15) is 32.6 Å². The Morgan fingerprint density at radius 1 is 1.35 bits per heavy atom. The van der Waals surface area contributed by atoms with Crippen LogP contribution in [0.5, 0.6) is 0 Å². The molecule has 2 rings (SSSR count). The molecule has 0 radical (unpaired) electrons. The molecule has 1 aliphatic carbocycles. The van der Waals surface area contributed by atoms with Crippen LogP contribution in [0.4, 0.5) is 5.82 Å². The average molecular weight is 282 g/mol. The molecule has 1 saturated carbocycles. The molecule has 0 aromatic carbocycles. The first kappa shape index (κ1) is 14.8. The van der Waals surface area contributed by atoms with Crippen molar-refractivity contribution < 1.29 is 5.11 Å². The van der Waals surface area contributed by atoms with Crippen LogP contribution in [0.2, 0.25) is 0 Å². The number of hydrogen-bond donors (Lipinski definition) is 2. The monoisotopic (exact) mass is 282 g/mol. The number of aliphatic hydroxyl groups excluding tert-OH is 1. The normalized spacial score (nSPS) is 26.5. The van der Waals surface area contributed by atoms with E-state index in [-0.39, 0.29) is 12.4 Å². The molecule has 0 amide bonds. The number of hydrogen-bond acceptors (Lipinski definition) is 5. The van der Waals surface area contributed by atoms with Gasteiger partial charge in [0.25, 0.3) is 5.56 Å². The first-order valence-corrected chi connectivity index (χ1v) is 6.92. The molecular formula is C13H22N4O3. The van der Waals surface area contributed by atoms with Crippen LogP contribution in [0.15, 0.2) is 9.59 Å². The lowest BCUT2D eigenvalue weighted by atomic mass is 9.77. The highest BCUT2D eigenvalue weighted by Gasteiger charge is 2.34. The number of aryl methyl sites for hydroxylation is 1. The fourth-order valence-electron chi connectivity index (χ4n) is 2.67. The maximum atomic E-state index is 12.1. The van der Waals surface area contributed by atoms with Crippen molar-refractivity contribution in [3.05, 3.63) is 20.8 Å². The van der Waals surface area contributed by atoms with Gasteiger partial charge in [0.15, 0.2) is 0 Å². The third-order valence-corrected chi connectivity index (χ3v) is 4.24. The van der Waals surface area contributed by atoms with Crippen molar-refractivity contribution in [3.63, 3.8) is 0 Å². The number of rotatable bonds is 3. The Hall–Kier alpha value is -1.63. The molecule has 0 aliphatic heterocycles. The van der Waals surface area contributed by atoms with Crippen molar-refractivity contribution in [2.45, 2.75) is 38.1 Å². The third kappa shape index (κ3) is 2.63. The standard InChI is InChI=1S/C13H22N4O3/c1-9-4-6-13(8-18,7-5-9)14-10-11(19)16(2)12(20)17(3)15-10/h9,18H,4-8H2,1-3H3,(H,14,15). The zero-order chi connectivity index (χ0) is 14.9. The number of nitrogens with zero attached hydrogens (tertiary/aromatic N) is 3. The van der Waals surface area contributed by atoms with Gasteiger partial charge in [0.05, 0.1) is 12.1 Å². The zero-order valence-electron chi connectivity index (χ0n) is 12.2. The van der Waals surface area contributed by atoms with Crippen molar-refractivity contribution in [2.75, 3.05) is 11.9 Å². The number of nitrogens with one attached hydrogen (secondary N) is 1. The molecule has 112 valence electrons. The Kier molecular flexibility index (Phi) is 3.99. The minimum atomic E-state index is -0.511. The van der Waals surface area contributed by atoms with Gasteiger partial charge in [-0.05, 0) is 31.6 Å². The van der Waals surface area contributed by atoms with E-state index in [9.17, 15) is 14.7 Å². The van der Waals surface area contributed by atoms with E-state index >= 15 is 0 Å². The van der Waals surface area contributed by atoms with Crippen molar-refractivity contribution in [2.24, 2.45) is 20.0 Å². The molecule has 7 nitrogen and oxygen atoms in total. The maximum Gasteiger partial charge on any atom is 0.346 e. The Morgan fingerprint density at radius 3 is 2.50 bits per heavy atom. The summed E-state index contributed by atoms with van der Waals surface area (Å²) in [7, 11) is 2.92. The minimum absolute atomic E-state index is 0.0482. The van der Waals surface area contributed by atoms with Crippen LogP contribution in [0.3, 0.4) is 0 Å². The van der Waals surface area contributed by atoms with Crippen LogP contribution in [0.25, 0.3) is 0 Å². The molecule has 20 heavy (non-hydrogen) atoms. The number of anilines is 1. The lowest BCUT2D eigenvalue weighted by Gasteiger charge is -2.38. The fraction of sp³-hybridized carbons (Fsp3) is 0.769. The number of aromatic nitrogens is 3. The molecule has 1 aromatic rings. The smallest absolute Gasteiger partial charge is 0.346 e. The van der Waals surface area contributed by atoms with Crippen LogP contribution >= 0.6 is 0 Å². The van der Waals surface area contributed by atoms with Crippen LogP contribution in [-0.4, -0.2) is 31.6 Å². The summed E-state index contributed by atoms with van der Waals surface area (Å²) in [6, 6.07) is 0. The topological polar surface area (TPSA) is 89.2 Å². The van der Waals surface area contributed by atoms with Gasteiger partial charge in [-0.1, -0.05) is 6.92 Å². The number of aliphatic hydroxyl groups is 1. The molecule has 1 aromatic heterocycles. The maximum absolute atomic E-state index is 12.1. The van der Waals surface area contributed by atoms with Crippen LogP contribution in [-0.2, 0) is 14.1 Å². The summed E-state index contributed by atoms with van der Waals surface area (Å²) in [5.41, 5.74) is -1.43. The quantitative estimate of drug-likeness (QED) is 0.803. The summed E-state index contributed by atoms with van der Waals surface area (Å²) in [5, 5.41) is 16.8. The summed E-state index contributed by atoms with van der Waals surface area (Å²) in [4.78, 5) is 23.7. The average Bonchev–Trinajstić information content (AvgIpc) is 2.45. The highest BCUT2D eigenvalue weighted by Crippen LogP contribution is 2.33. The molecule has 0 saturated heterocycles.